The molecule has 1 aromatic carbocycles. The number of aliphatic hydroxyl groups excluding tert-OH is 1. The molecule has 2 aromatic rings. The first-order valence-electron chi connectivity index (χ1n) is 8.77. The summed E-state index contributed by atoms with van der Waals surface area (Å²) in [6, 6.07) is 12.2. The number of carbonyl (C=O) groups excluding carboxylic acids is 1. The van der Waals surface area contributed by atoms with Gasteiger partial charge in [-0.1, -0.05) is 24.3 Å². The van der Waals surface area contributed by atoms with Crippen LogP contribution in [0.2, 0.25) is 0 Å². The van der Waals surface area contributed by atoms with Gasteiger partial charge in [0.25, 0.3) is 0 Å². The molecule has 1 N–H and O–H groups in total. The maximum atomic E-state index is 12.3. The Balaban J connectivity index is 1.65. The van der Waals surface area contributed by atoms with Crippen LogP contribution in [-0.2, 0) is 4.74 Å². The Hall–Kier alpha value is -2.40. The van der Waals surface area contributed by atoms with Crippen molar-refractivity contribution in [3.63, 3.8) is 0 Å². The zero-order valence-corrected chi connectivity index (χ0v) is 14.5. The third-order valence-corrected chi connectivity index (χ3v) is 4.75. The van der Waals surface area contributed by atoms with Crippen LogP contribution in [0.4, 0.5) is 4.79 Å². The average molecular weight is 340 g/mol. The van der Waals surface area contributed by atoms with Gasteiger partial charge in [-0.3, -0.25) is 4.98 Å². The third kappa shape index (κ3) is 4.17. The highest BCUT2D eigenvalue weighted by molar-refractivity contribution is 5.69. The zero-order valence-electron chi connectivity index (χ0n) is 14.5. The number of hydrogen-bond acceptors (Lipinski definition) is 4. The third-order valence-electron chi connectivity index (χ3n) is 4.75. The molecule has 1 saturated heterocycles. The van der Waals surface area contributed by atoms with Crippen molar-refractivity contribution in [1.82, 2.24) is 9.88 Å². The minimum Gasteiger partial charge on any atom is -0.446 e. The lowest BCUT2D eigenvalue weighted by Crippen LogP contribution is -2.43. The lowest BCUT2D eigenvalue weighted by Gasteiger charge is -2.35. The summed E-state index contributed by atoms with van der Waals surface area (Å²) < 4.78 is 5.51. The maximum Gasteiger partial charge on any atom is 0.410 e. The van der Waals surface area contributed by atoms with Crippen molar-refractivity contribution >= 4 is 6.09 Å². The Kier molecular flexibility index (Phi) is 5.66. The van der Waals surface area contributed by atoms with Crippen LogP contribution in [-0.4, -0.2) is 40.3 Å². The van der Waals surface area contributed by atoms with Gasteiger partial charge in [0.1, 0.15) is 6.10 Å². The summed E-state index contributed by atoms with van der Waals surface area (Å²) in [5.74, 6) is 0. The number of rotatable bonds is 6. The van der Waals surface area contributed by atoms with E-state index in [2.05, 4.69) is 29.2 Å². The van der Waals surface area contributed by atoms with E-state index in [4.69, 9.17) is 9.84 Å². The second-order valence-electron chi connectivity index (χ2n) is 6.39. The monoisotopic (exact) mass is 340 g/mol. The molecule has 5 nitrogen and oxygen atoms in total. The summed E-state index contributed by atoms with van der Waals surface area (Å²) in [5, 5.41) is 8.90. The molecule has 5 heteroatoms. The van der Waals surface area contributed by atoms with Gasteiger partial charge >= 0.3 is 6.09 Å². The Morgan fingerprint density at radius 1 is 1.20 bits per heavy atom. The average Bonchev–Trinajstić information content (AvgIpc) is 2.67. The summed E-state index contributed by atoms with van der Waals surface area (Å²) in [6.45, 7) is 2.84. The van der Waals surface area contributed by atoms with Crippen LogP contribution >= 0.6 is 0 Å². The molecule has 2 heterocycles. The molecular formula is C20H24N2O3. The number of amides is 1. The van der Waals surface area contributed by atoms with Crippen LogP contribution in [0.3, 0.4) is 0 Å². The van der Waals surface area contributed by atoms with Gasteiger partial charge in [0, 0.05) is 32.0 Å². The molecule has 1 fully saturated rings. The number of cyclic esters (lactones) is 1. The Bertz CT molecular complexity index is 688. The smallest absolute Gasteiger partial charge is 0.410 e. The van der Waals surface area contributed by atoms with Gasteiger partial charge in [-0.15, -0.1) is 0 Å². The van der Waals surface area contributed by atoms with Crippen molar-refractivity contribution in [2.75, 3.05) is 13.2 Å². The number of hydrogen-bond donors (Lipinski definition) is 1. The Morgan fingerprint density at radius 3 is 2.52 bits per heavy atom. The Morgan fingerprint density at radius 2 is 1.88 bits per heavy atom. The molecule has 2 unspecified atom stereocenters. The van der Waals surface area contributed by atoms with Crippen molar-refractivity contribution in [3.05, 3.63) is 54.4 Å². The van der Waals surface area contributed by atoms with Gasteiger partial charge in [-0.25, -0.2) is 4.79 Å². The standard InChI is InChI=1S/C20H24N2O3/c1-15(22-13-10-19(3-2-14-23)25-20(22)24)16-4-6-17(7-5-16)18-8-11-21-12-9-18/h4-9,11-12,15,19,23H,2-3,10,13-14H2,1H3. The van der Waals surface area contributed by atoms with E-state index in [0.717, 1.165) is 29.5 Å². The second kappa shape index (κ2) is 8.12. The molecule has 0 radical (unpaired) electrons. The van der Waals surface area contributed by atoms with Crippen molar-refractivity contribution in [2.24, 2.45) is 0 Å². The summed E-state index contributed by atoms with van der Waals surface area (Å²) in [4.78, 5) is 18.1. The summed E-state index contributed by atoms with van der Waals surface area (Å²) in [7, 11) is 0. The topological polar surface area (TPSA) is 62.7 Å². The van der Waals surface area contributed by atoms with Gasteiger partial charge in [0.05, 0.1) is 6.04 Å². The highest BCUT2D eigenvalue weighted by Gasteiger charge is 2.30. The first-order chi connectivity index (χ1) is 12.2. The van der Waals surface area contributed by atoms with Crippen molar-refractivity contribution in [2.45, 2.75) is 38.3 Å². The molecule has 0 aliphatic carbocycles. The predicted octanol–water partition coefficient (Wildman–Crippen LogP) is 3.79. The molecule has 1 aliphatic heterocycles. The molecule has 2 atom stereocenters. The van der Waals surface area contributed by atoms with Crippen LogP contribution in [0.5, 0.6) is 0 Å². The van der Waals surface area contributed by atoms with Crippen LogP contribution in [0, 0.1) is 0 Å². The fraction of sp³-hybridized carbons (Fsp3) is 0.400. The van der Waals surface area contributed by atoms with E-state index in [0.29, 0.717) is 13.0 Å². The van der Waals surface area contributed by atoms with E-state index in [1.165, 1.54) is 0 Å². The minimum absolute atomic E-state index is 0.0298. The first-order valence-corrected chi connectivity index (χ1v) is 8.77. The largest absolute Gasteiger partial charge is 0.446 e. The van der Waals surface area contributed by atoms with Crippen LogP contribution in [0.25, 0.3) is 11.1 Å². The fourth-order valence-electron chi connectivity index (χ4n) is 3.20. The van der Waals surface area contributed by atoms with Crippen molar-refractivity contribution in [1.29, 1.82) is 0 Å². The number of carbonyl (C=O) groups is 1. The van der Waals surface area contributed by atoms with Crippen LogP contribution in [0.1, 0.15) is 37.8 Å². The zero-order chi connectivity index (χ0) is 17.6. The predicted molar refractivity (Wildman–Crippen MR) is 96.0 cm³/mol. The molecule has 25 heavy (non-hydrogen) atoms. The van der Waals surface area contributed by atoms with Crippen molar-refractivity contribution in [3.8, 4) is 11.1 Å². The summed E-state index contributed by atoms with van der Waals surface area (Å²) in [6.07, 6.45) is 5.43. The molecule has 1 aromatic heterocycles. The minimum atomic E-state index is -0.264. The first kappa shape index (κ1) is 17.4. The van der Waals surface area contributed by atoms with E-state index in [-0.39, 0.29) is 24.8 Å². The van der Waals surface area contributed by atoms with E-state index in [1.807, 2.05) is 19.1 Å². The van der Waals surface area contributed by atoms with Gasteiger partial charge < -0.3 is 14.7 Å². The molecule has 1 amide bonds. The number of aliphatic hydroxyl groups is 1. The van der Waals surface area contributed by atoms with E-state index >= 15 is 0 Å². The highest BCUT2D eigenvalue weighted by atomic mass is 16.6. The van der Waals surface area contributed by atoms with Gasteiger partial charge in [-0.2, -0.15) is 0 Å². The molecule has 0 bridgehead atoms. The number of benzene rings is 1. The van der Waals surface area contributed by atoms with E-state index in [1.54, 1.807) is 17.3 Å². The molecule has 1 aliphatic rings. The molecule has 0 spiro atoms. The maximum absolute atomic E-state index is 12.3. The quantitative estimate of drug-likeness (QED) is 0.869. The molecular weight excluding hydrogens is 316 g/mol. The summed E-state index contributed by atoms with van der Waals surface area (Å²) >= 11 is 0. The Labute approximate surface area is 148 Å². The lowest BCUT2D eigenvalue weighted by atomic mass is 10.0. The van der Waals surface area contributed by atoms with Crippen LogP contribution in [0.15, 0.2) is 48.8 Å². The van der Waals surface area contributed by atoms with E-state index < -0.39 is 0 Å². The molecule has 0 saturated carbocycles. The lowest BCUT2D eigenvalue weighted by molar-refractivity contribution is 0.00760. The number of ether oxygens (including phenoxy) is 1. The van der Waals surface area contributed by atoms with Crippen LogP contribution < -0.4 is 0 Å². The van der Waals surface area contributed by atoms with Crippen molar-refractivity contribution < 1.29 is 14.6 Å². The molecule has 3 rings (SSSR count). The second-order valence-corrected chi connectivity index (χ2v) is 6.39. The molecule has 132 valence electrons. The normalized spacial score (nSPS) is 18.7. The van der Waals surface area contributed by atoms with E-state index in [9.17, 15) is 4.79 Å². The highest BCUT2D eigenvalue weighted by Crippen LogP contribution is 2.28. The number of pyridine rings is 1. The number of aromatic nitrogens is 1. The fourth-order valence-corrected chi connectivity index (χ4v) is 3.20. The number of nitrogens with zero attached hydrogens (tertiary/aromatic N) is 2. The van der Waals surface area contributed by atoms with Gasteiger partial charge in [0.15, 0.2) is 0 Å². The van der Waals surface area contributed by atoms with Gasteiger partial charge in [-0.05, 0) is 48.6 Å². The SMILES string of the molecule is CC(c1ccc(-c2ccncc2)cc1)N1CCC(CCCO)OC1=O. The summed E-state index contributed by atoms with van der Waals surface area (Å²) in [5.41, 5.74) is 3.34. The van der Waals surface area contributed by atoms with Gasteiger partial charge in [0.2, 0.25) is 0 Å².